The summed E-state index contributed by atoms with van der Waals surface area (Å²) in [6.07, 6.45) is 4.06. The van der Waals surface area contributed by atoms with Crippen molar-refractivity contribution in [1.82, 2.24) is 4.90 Å². The van der Waals surface area contributed by atoms with Gasteiger partial charge in [-0.15, -0.1) is 0 Å². The van der Waals surface area contributed by atoms with Crippen molar-refractivity contribution in [1.29, 1.82) is 0 Å². The third kappa shape index (κ3) is 3.00. The van der Waals surface area contributed by atoms with Crippen molar-refractivity contribution < 1.29 is 0 Å². The molecule has 0 radical (unpaired) electrons. The van der Waals surface area contributed by atoms with Crippen molar-refractivity contribution in [3.05, 3.63) is 34.9 Å². The number of benzene rings is 1. The highest BCUT2D eigenvalue weighted by atomic mass is 32.2. The topological polar surface area (TPSA) is 3.24 Å². The second kappa shape index (κ2) is 5.49. The van der Waals surface area contributed by atoms with Crippen molar-refractivity contribution in [3.63, 3.8) is 0 Å². The van der Waals surface area contributed by atoms with Crippen LogP contribution in [0.5, 0.6) is 0 Å². The van der Waals surface area contributed by atoms with Crippen LogP contribution in [0.1, 0.15) is 49.8 Å². The van der Waals surface area contributed by atoms with E-state index in [1.807, 2.05) is 11.8 Å². The van der Waals surface area contributed by atoms with Crippen molar-refractivity contribution in [3.8, 4) is 0 Å². The first-order valence-electron chi connectivity index (χ1n) is 7.59. The van der Waals surface area contributed by atoms with E-state index in [9.17, 15) is 0 Å². The highest BCUT2D eigenvalue weighted by Gasteiger charge is 2.28. The molecule has 19 heavy (non-hydrogen) atoms. The summed E-state index contributed by atoms with van der Waals surface area (Å²) in [4.78, 5) is 2.64. The highest BCUT2D eigenvalue weighted by Crippen LogP contribution is 2.35. The van der Waals surface area contributed by atoms with E-state index in [-0.39, 0.29) is 0 Å². The van der Waals surface area contributed by atoms with Crippen molar-refractivity contribution >= 4 is 11.8 Å². The molecule has 104 valence electrons. The van der Waals surface area contributed by atoms with Crippen molar-refractivity contribution in [2.24, 2.45) is 5.41 Å². The van der Waals surface area contributed by atoms with E-state index in [0.29, 0.717) is 5.41 Å². The molecule has 1 aromatic rings. The Balaban J connectivity index is 1.61. The van der Waals surface area contributed by atoms with Gasteiger partial charge < -0.3 is 0 Å². The Bertz CT molecular complexity index is 447. The van der Waals surface area contributed by atoms with Crippen LogP contribution in [0.2, 0.25) is 0 Å². The molecule has 2 heteroatoms. The molecular weight excluding hydrogens is 250 g/mol. The highest BCUT2D eigenvalue weighted by molar-refractivity contribution is 7.98. The molecule has 0 bridgehead atoms. The van der Waals surface area contributed by atoms with E-state index >= 15 is 0 Å². The molecule has 1 nitrogen and oxygen atoms in total. The standard InChI is InChI=1S/C17H25NS/c1-3-17(2)6-8-18(9-7-17)11-14-4-5-15-12-19-13-16(15)10-14/h4-5,10H,3,6-9,11-13H2,1-2H3. The van der Waals surface area contributed by atoms with Crippen LogP contribution in [0, 0.1) is 5.41 Å². The number of hydrogen-bond donors (Lipinski definition) is 0. The van der Waals surface area contributed by atoms with Gasteiger partial charge in [-0.1, -0.05) is 38.5 Å². The zero-order valence-electron chi connectivity index (χ0n) is 12.2. The van der Waals surface area contributed by atoms with Crippen LogP contribution in [0.15, 0.2) is 18.2 Å². The lowest BCUT2D eigenvalue weighted by atomic mass is 9.78. The smallest absolute Gasteiger partial charge is 0.0233 e. The molecule has 0 N–H and O–H groups in total. The first kappa shape index (κ1) is 13.5. The van der Waals surface area contributed by atoms with Crippen LogP contribution >= 0.6 is 11.8 Å². The molecule has 0 aromatic heterocycles. The minimum atomic E-state index is 0.602. The minimum absolute atomic E-state index is 0.602. The van der Waals surface area contributed by atoms with Gasteiger partial charge in [-0.05, 0) is 48.0 Å². The van der Waals surface area contributed by atoms with E-state index in [2.05, 4.69) is 36.9 Å². The second-order valence-corrected chi connectivity index (χ2v) is 7.52. The van der Waals surface area contributed by atoms with Gasteiger partial charge >= 0.3 is 0 Å². The van der Waals surface area contributed by atoms with Gasteiger partial charge in [0.05, 0.1) is 0 Å². The third-order valence-corrected chi connectivity index (χ3v) is 6.14. The van der Waals surface area contributed by atoms with Crippen LogP contribution in [-0.2, 0) is 18.1 Å². The SMILES string of the molecule is CCC1(C)CCN(Cc2ccc3c(c2)CSC3)CC1. The fourth-order valence-electron chi connectivity index (χ4n) is 3.19. The van der Waals surface area contributed by atoms with E-state index in [1.54, 1.807) is 11.1 Å². The molecule has 2 aliphatic heterocycles. The van der Waals surface area contributed by atoms with Gasteiger partial charge in [-0.3, -0.25) is 4.90 Å². The maximum atomic E-state index is 2.64. The first-order valence-corrected chi connectivity index (χ1v) is 8.75. The zero-order chi connectivity index (χ0) is 13.3. The van der Waals surface area contributed by atoms with E-state index in [1.165, 1.54) is 49.4 Å². The van der Waals surface area contributed by atoms with Crippen LogP contribution in [0.4, 0.5) is 0 Å². The number of nitrogens with zero attached hydrogens (tertiary/aromatic N) is 1. The maximum Gasteiger partial charge on any atom is 0.0233 e. The summed E-state index contributed by atoms with van der Waals surface area (Å²) in [6, 6.07) is 7.14. The maximum absolute atomic E-state index is 2.64. The molecule has 0 atom stereocenters. The largest absolute Gasteiger partial charge is 0.299 e. The molecule has 0 unspecified atom stereocenters. The van der Waals surface area contributed by atoms with Gasteiger partial charge in [-0.25, -0.2) is 0 Å². The van der Waals surface area contributed by atoms with Crippen molar-refractivity contribution in [2.75, 3.05) is 13.1 Å². The monoisotopic (exact) mass is 275 g/mol. The molecule has 2 aliphatic rings. The fourth-order valence-corrected chi connectivity index (χ4v) is 4.28. The Kier molecular flexibility index (Phi) is 3.91. The number of rotatable bonds is 3. The first-order chi connectivity index (χ1) is 9.18. The Morgan fingerprint density at radius 1 is 1.16 bits per heavy atom. The second-order valence-electron chi connectivity index (χ2n) is 6.54. The molecule has 1 saturated heterocycles. The summed E-state index contributed by atoms with van der Waals surface area (Å²) in [5.41, 5.74) is 5.26. The van der Waals surface area contributed by atoms with Gasteiger partial charge in [0, 0.05) is 18.1 Å². The lowest BCUT2D eigenvalue weighted by molar-refractivity contribution is 0.109. The number of hydrogen-bond acceptors (Lipinski definition) is 2. The summed E-state index contributed by atoms with van der Waals surface area (Å²) in [7, 11) is 0. The summed E-state index contributed by atoms with van der Waals surface area (Å²) < 4.78 is 0. The van der Waals surface area contributed by atoms with Gasteiger partial charge in [0.1, 0.15) is 0 Å². The lowest BCUT2D eigenvalue weighted by Crippen LogP contribution is -2.37. The van der Waals surface area contributed by atoms with E-state index < -0.39 is 0 Å². The van der Waals surface area contributed by atoms with Crippen LogP contribution < -0.4 is 0 Å². The molecule has 1 aromatic carbocycles. The van der Waals surface area contributed by atoms with Gasteiger partial charge in [0.15, 0.2) is 0 Å². The molecule has 0 spiro atoms. The Morgan fingerprint density at radius 3 is 2.63 bits per heavy atom. The van der Waals surface area contributed by atoms with E-state index in [0.717, 1.165) is 6.54 Å². The number of fused-ring (bicyclic) bond motifs is 1. The van der Waals surface area contributed by atoms with Crippen molar-refractivity contribution in [2.45, 2.75) is 51.2 Å². The number of thioether (sulfide) groups is 1. The Morgan fingerprint density at radius 2 is 1.89 bits per heavy atom. The molecule has 2 heterocycles. The minimum Gasteiger partial charge on any atom is -0.299 e. The molecule has 1 fully saturated rings. The van der Waals surface area contributed by atoms with Crippen LogP contribution in [0.3, 0.4) is 0 Å². The molecule has 0 amide bonds. The molecular formula is C17H25NS. The molecule has 3 rings (SSSR count). The predicted octanol–water partition coefficient (Wildman–Crippen LogP) is 4.45. The lowest BCUT2D eigenvalue weighted by Gasteiger charge is -2.39. The number of piperidine rings is 1. The predicted molar refractivity (Wildman–Crippen MR) is 84.4 cm³/mol. The summed E-state index contributed by atoms with van der Waals surface area (Å²) in [6.45, 7) is 8.49. The average molecular weight is 275 g/mol. The fraction of sp³-hybridized carbons (Fsp3) is 0.647. The average Bonchev–Trinajstić information content (AvgIpc) is 2.89. The summed E-state index contributed by atoms with van der Waals surface area (Å²) in [5.74, 6) is 2.44. The normalized spacial score (nSPS) is 22.4. The van der Waals surface area contributed by atoms with Gasteiger partial charge in [0.2, 0.25) is 0 Å². The summed E-state index contributed by atoms with van der Waals surface area (Å²) >= 11 is 2.05. The molecule has 0 saturated carbocycles. The molecule has 0 aliphatic carbocycles. The third-order valence-electron chi connectivity index (χ3n) is 5.11. The summed E-state index contributed by atoms with van der Waals surface area (Å²) in [5, 5.41) is 0. The zero-order valence-corrected chi connectivity index (χ0v) is 13.1. The quantitative estimate of drug-likeness (QED) is 0.802. The van der Waals surface area contributed by atoms with Gasteiger partial charge in [-0.2, -0.15) is 11.8 Å². The van der Waals surface area contributed by atoms with Gasteiger partial charge in [0.25, 0.3) is 0 Å². The Hall–Kier alpha value is -0.470. The number of likely N-dealkylation sites (tertiary alicyclic amines) is 1. The van der Waals surface area contributed by atoms with E-state index in [4.69, 9.17) is 0 Å². The van der Waals surface area contributed by atoms with Crippen LogP contribution in [0.25, 0.3) is 0 Å². The Labute approximate surface area is 121 Å². The van der Waals surface area contributed by atoms with Crippen LogP contribution in [-0.4, -0.2) is 18.0 Å².